The molecule has 1 aromatic carbocycles. The highest BCUT2D eigenvalue weighted by Crippen LogP contribution is 2.33. The number of fused-ring (bicyclic) bond motifs is 1. The molecule has 0 aliphatic carbocycles. The number of aromatic nitrogens is 1. The van der Waals surface area contributed by atoms with Gasteiger partial charge >= 0.3 is 0 Å². The molecule has 1 aliphatic heterocycles. The number of hydrogen-bond acceptors (Lipinski definition) is 4. The summed E-state index contributed by atoms with van der Waals surface area (Å²) in [6.07, 6.45) is 2.86. The Hall–Kier alpha value is -1.46. The molecule has 112 valence electrons. The number of nitrogens with zero attached hydrogens (tertiary/aromatic N) is 1. The Balaban J connectivity index is 1.81. The van der Waals surface area contributed by atoms with Crippen molar-refractivity contribution in [2.75, 3.05) is 18.4 Å². The Labute approximate surface area is 129 Å². The predicted molar refractivity (Wildman–Crippen MR) is 87.8 cm³/mol. The monoisotopic (exact) mass is 303 g/mol. The van der Waals surface area contributed by atoms with Crippen LogP contribution in [0.3, 0.4) is 0 Å². The Kier molecular flexibility index (Phi) is 3.95. The van der Waals surface area contributed by atoms with E-state index in [2.05, 4.69) is 35.5 Å². The lowest BCUT2D eigenvalue weighted by Crippen LogP contribution is -2.47. The van der Waals surface area contributed by atoms with Gasteiger partial charge < -0.3 is 10.6 Å². The first kappa shape index (κ1) is 14.5. The maximum absolute atomic E-state index is 12.7. The summed E-state index contributed by atoms with van der Waals surface area (Å²) < 4.78 is 1.12. The van der Waals surface area contributed by atoms with Crippen LogP contribution in [0.4, 0.5) is 5.13 Å². The molecule has 21 heavy (non-hydrogen) atoms. The van der Waals surface area contributed by atoms with Gasteiger partial charge in [-0.15, -0.1) is 0 Å². The SMILES string of the molecule is CCC1(C(=O)Nc2nc3ccc(C)cc3s2)CCCNC1. The number of amides is 1. The van der Waals surface area contributed by atoms with E-state index in [1.54, 1.807) is 11.3 Å². The molecule has 1 aliphatic rings. The minimum absolute atomic E-state index is 0.105. The predicted octanol–water partition coefficient (Wildman–Crippen LogP) is 3.32. The molecule has 3 rings (SSSR count). The number of carbonyl (C=O) groups excluding carboxylic acids is 1. The van der Waals surface area contributed by atoms with Crippen LogP contribution in [0.2, 0.25) is 0 Å². The summed E-state index contributed by atoms with van der Waals surface area (Å²) >= 11 is 1.55. The van der Waals surface area contributed by atoms with Crippen molar-refractivity contribution < 1.29 is 4.79 Å². The maximum atomic E-state index is 12.7. The second-order valence-electron chi connectivity index (χ2n) is 5.86. The number of hydrogen-bond donors (Lipinski definition) is 2. The highest BCUT2D eigenvalue weighted by molar-refractivity contribution is 7.22. The molecule has 1 fully saturated rings. The van der Waals surface area contributed by atoms with Crippen LogP contribution in [0, 0.1) is 12.3 Å². The van der Waals surface area contributed by atoms with Crippen LogP contribution in [0.5, 0.6) is 0 Å². The van der Waals surface area contributed by atoms with Crippen LogP contribution in [0.15, 0.2) is 18.2 Å². The van der Waals surface area contributed by atoms with Gasteiger partial charge in [-0.25, -0.2) is 4.98 Å². The van der Waals surface area contributed by atoms with Crippen molar-refractivity contribution in [3.8, 4) is 0 Å². The first-order valence-corrected chi connectivity index (χ1v) is 8.34. The van der Waals surface area contributed by atoms with Gasteiger partial charge in [-0.1, -0.05) is 24.3 Å². The van der Waals surface area contributed by atoms with Crippen molar-refractivity contribution in [2.45, 2.75) is 33.1 Å². The summed E-state index contributed by atoms with van der Waals surface area (Å²) in [6, 6.07) is 6.17. The highest BCUT2D eigenvalue weighted by Gasteiger charge is 2.38. The van der Waals surface area contributed by atoms with Gasteiger partial charge in [0.05, 0.1) is 15.6 Å². The van der Waals surface area contributed by atoms with E-state index in [9.17, 15) is 4.79 Å². The smallest absolute Gasteiger partial charge is 0.233 e. The van der Waals surface area contributed by atoms with Crippen LogP contribution in [-0.2, 0) is 4.79 Å². The quantitative estimate of drug-likeness (QED) is 0.914. The number of benzene rings is 1. The third-order valence-electron chi connectivity index (χ3n) is 4.40. The van der Waals surface area contributed by atoms with E-state index in [4.69, 9.17) is 0 Å². The summed E-state index contributed by atoms with van der Waals surface area (Å²) in [5, 5.41) is 7.10. The summed E-state index contributed by atoms with van der Waals surface area (Å²) in [7, 11) is 0. The first-order chi connectivity index (χ1) is 10.1. The van der Waals surface area contributed by atoms with E-state index in [0.717, 1.165) is 42.6 Å². The average molecular weight is 303 g/mol. The van der Waals surface area contributed by atoms with Gasteiger partial charge in [0.25, 0.3) is 0 Å². The molecule has 1 amide bonds. The fourth-order valence-corrected chi connectivity index (χ4v) is 3.90. The largest absolute Gasteiger partial charge is 0.316 e. The average Bonchev–Trinajstić information content (AvgIpc) is 2.89. The van der Waals surface area contributed by atoms with Crippen molar-refractivity contribution in [1.82, 2.24) is 10.3 Å². The number of rotatable bonds is 3. The second-order valence-corrected chi connectivity index (χ2v) is 6.89. The van der Waals surface area contributed by atoms with Crippen molar-refractivity contribution in [2.24, 2.45) is 5.41 Å². The van der Waals surface area contributed by atoms with Gasteiger partial charge in [-0.3, -0.25) is 4.79 Å². The van der Waals surface area contributed by atoms with Gasteiger partial charge in [-0.2, -0.15) is 0 Å². The number of anilines is 1. The van der Waals surface area contributed by atoms with Crippen molar-refractivity contribution in [1.29, 1.82) is 0 Å². The van der Waals surface area contributed by atoms with Crippen molar-refractivity contribution in [3.05, 3.63) is 23.8 Å². The normalized spacial score (nSPS) is 22.4. The van der Waals surface area contributed by atoms with Gasteiger partial charge in [-0.05, 0) is 50.4 Å². The zero-order valence-corrected chi connectivity index (χ0v) is 13.3. The molecular formula is C16H21N3OS. The van der Waals surface area contributed by atoms with Crippen molar-refractivity contribution in [3.63, 3.8) is 0 Å². The Morgan fingerprint density at radius 3 is 3.10 bits per heavy atom. The maximum Gasteiger partial charge on any atom is 0.233 e. The lowest BCUT2D eigenvalue weighted by Gasteiger charge is -2.35. The topological polar surface area (TPSA) is 54.0 Å². The van der Waals surface area contributed by atoms with Crippen LogP contribution in [0.1, 0.15) is 31.7 Å². The molecule has 2 heterocycles. The fourth-order valence-electron chi connectivity index (χ4n) is 2.94. The van der Waals surface area contributed by atoms with Crippen LogP contribution in [0.25, 0.3) is 10.2 Å². The fraction of sp³-hybridized carbons (Fsp3) is 0.500. The molecule has 2 N–H and O–H groups in total. The Morgan fingerprint density at radius 2 is 2.38 bits per heavy atom. The summed E-state index contributed by atoms with van der Waals surface area (Å²) in [6.45, 7) is 5.93. The van der Waals surface area contributed by atoms with Gasteiger partial charge in [0.2, 0.25) is 5.91 Å². The third-order valence-corrected chi connectivity index (χ3v) is 5.33. The summed E-state index contributed by atoms with van der Waals surface area (Å²) in [5.41, 5.74) is 1.88. The molecule has 1 aromatic heterocycles. The van der Waals surface area contributed by atoms with E-state index in [1.807, 2.05) is 12.1 Å². The molecule has 1 atom stereocenters. The van der Waals surface area contributed by atoms with Crippen LogP contribution in [-0.4, -0.2) is 24.0 Å². The lowest BCUT2D eigenvalue weighted by atomic mass is 9.77. The molecule has 1 unspecified atom stereocenters. The third kappa shape index (κ3) is 2.80. The van der Waals surface area contributed by atoms with E-state index >= 15 is 0 Å². The van der Waals surface area contributed by atoms with Gasteiger partial charge in [0.1, 0.15) is 0 Å². The molecule has 1 saturated heterocycles. The molecule has 2 aromatic rings. The van der Waals surface area contributed by atoms with E-state index in [-0.39, 0.29) is 11.3 Å². The van der Waals surface area contributed by atoms with Gasteiger partial charge in [0.15, 0.2) is 5.13 Å². The van der Waals surface area contributed by atoms with Crippen LogP contribution >= 0.6 is 11.3 Å². The summed E-state index contributed by atoms with van der Waals surface area (Å²) in [4.78, 5) is 17.2. The zero-order valence-electron chi connectivity index (χ0n) is 12.5. The number of aryl methyl sites for hydroxylation is 1. The molecule has 0 spiro atoms. The molecule has 5 heteroatoms. The molecule has 0 saturated carbocycles. The lowest BCUT2D eigenvalue weighted by molar-refractivity contribution is -0.126. The van der Waals surface area contributed by atoms with E-state index < -0.39 is 0 Å². The zero-order chi connectivity index (χ0) is 14.9. The number of nitrogens with one attached hydrogen (secondary N) is 2. The Bertz CT molecular complexity index is 659. The first-order valence-electron chi connectivity index (χ1n) is 7.52. The minimum atomic E-state index is -0.286. The second kappa shape index (κ2) is 5.73. The van der Waals surface area contributed by atoms with E-state index in [1.165, 1.54) is 5.56 Å². The standard InChI is InChI=1S/C16H21N3OS/c1-3-16(7-4-8-17-10-16)14(20)19-15-18-12-6-5-11(2)9-13(12)21-15/h5-6,9,17H,3-4,7-8,10H2,1-2H3,(H,18,19,20). The van der Waals surface area contributed by atoms with Crippen LogP contribution < -0.4 is 10.6 Å². The Morgan fingerprint density at radius 1 is 1.52 bits per heavy atom. The molecular weight excluding hydrogens is 282 g/mol. The molecule has 0 bridgehead atoms. The number of piperidine rings is 1. The number of carbonyl (C=O) groups is 1. The molecule has 0 radical (unpaired) electrons. The molecule has 4 nitrogen and oxygen atoms in total. The van der Waals surface area contributed by atoms with Gasteiger partial charge in [0, 0.05) is 6.54 Å². The van der Waals surface area contributed by atoms with Crippen molar-refractivity contribution >= 4 is 32.6 Å². The highest BCUT2D eigenvalue weighted by atomic mass is 32.1. The van der Waals surface area contributed by atoms with E-state index in [0.29, 0.717) is 5.13 Å². The summed E-state index contributed by atoms with van der Waals surface area (Å²) in [5.74, 6) is 0.105. The minimum Gasteiger partial charge on any atom is -0.316 e. The number of thiazole rings is 1.